The standard InChI is InChI=1S/C20H31N5OS/c1-20(2,3)14-25-12-10-16-15(13-25)7-5-8-17(16)26-24(4)18(9-6-11-21)23-19(22)27/h5-9,11H,10,12-14,21H2,1-4H3,(H3,22,23,27)/b11-6-,18-9-. The molecule has 2 rings (SSSR count). The molecule has 0 aromatic heterocycles. The molecule has 0 radical (unpaired) electrons. The van der Waals surface area contributed by atoms with E-state index in [1.807, 2.05) is 12.1 Å². The molecule has 0 aliphatic carbocycles. The number of allylic oxidation sites excluding steroid dienone is 2. The van der Waals surface area contributed by atoms with E-state index >= 15 is 0 Å². The van der Waals surface area contributed by atoms with Gasteiger partial charge in [-0.15, -0.1) is 0 Å². The molecule has 1 heterocycles. The van der Waals surface area contributed by atoms with Crippen LogP contribution in [0.3, 0.4) is 0 Å². The van der Waals surface area contributed by atoms with E-state index in [1.54, 1.807) is 24.3 Å². The van der Waals surface area contributed by atoms with Crippen molar-refractivity contribution in [1.29, 1.82) is 0 Å². The molecule has 0 spiro atoms. The number of rotatable bonds is 6. The summed E-state index contributed by atoms with van der Waals surface area (Å²) in [6.07, 6.45) is 5.83. The third-order valence-electron chi connectivity index (χ3n) is 4.19. The lowest BCUT2D eigenvalue weighted by molar-refractivity contribution is -0.000579. The fourth-order valence-corrected chi connectivity index (χ4v) is 3.32. The van der Waals surface area contributed by atoms with Gasteiger partial charge >= 0.3 is 0 Å². The second kappa shape index (κ2) is 9.10. The Balaban J connectivity index is 2.16. The smallest absolute Gasteiger partial charge is 0.169 e. The van der Waals surface area contributed by atoms with Gasteiger partial charge < -0.3 is 21.6 Å². The van der Waals surface area contributed by atoms with E-state index in [9.17, 15) is 0 Å². The molecule has 0 bridgehead atoms. The lowest BCUT2D eigenvalue weighted by Gasteiger charge is -2.34. The van der Waals surface area contributed by atoms with Crippen molar-refractivity contribution in [1.82, 2.24) is 15.3 Å². The van der Waals surface area contributed by atoms with E-state index in [2.05, 4.69) is 37.1 Å². The fraction of sp³-hybridized carbons (Fsp3) is 0.450. The van der Waals surface area contributed by atoms with Gasteiger partial charge in [-0.3, -0.25) is 4.90 Å². The van der Waals surface area contributed by atoms with E-state index < -0.39 is 0 Å². The molecule has 0 saturated carbocycles. The predicted molar refractivity (Wildman–Crippen MR) is 115 cm³/mol. The molecule has 27 heavy (non-hydrogen) atoms. The SMILES string of the molecule is CN(Oc1cccc2c1CCN(CC(C)(C)C)C2)/C(=C\C=C/N)NC(N)=S. The number of hydrogen-bond donors (Lipinski definition) is 3. The molecule has 0 amide bonds. The Bertz CT molecular complexity index is 724. The molecule has 1 aliphatic rings. The summed E-state index contributed by atoms with van der Waals surface area (Å²) in [5.74, 6) is 1.45. The highest BCUT2D eigenvalue weighted by Crippen LogP contribution is 2.30. The Morgan fingerprint density at radius 2 is 2.15 bits per heavy atom. The van der Waals surface area contributed by atoms with Crippen LogP contribution in [0.1, 0.15) is 31.9 Å². The summed E-state index contributed by atoms with van der Waals surface area (Å²) in [7, 11) is 1.80. The summed E-state index contributed by atoms with van der Waals surface area (Å²) >= 11 is 4.94. The molecule has 1 aliphatic heterocycles. The summed E-state index contributed by atoms with van der Waals surface area (Å²) in [5, 5.41) is 4.67. The Labute approximate surface area is 167 Å². The normalized spacial score (nSPS) is 15.5. The summed E-state index contributed by atoms with van der Waals surface area (Å²) in [5.41, 5.74) is 13.9. The van der Waals surface area contributed by atoms with Gasteiger partial charge in [0.15, 0.2) is 10.9 Å². The third-order valence-corrected chi connectivity index (χ3v) is 4.29. The first-order valence-electron chi connectivity index (χ1n) is 9.09. The minimum absolute atomic E-state index is 0.162. The lowest BCUT2D eigenvalue weighted by Crippen LogP contribution is -2.39. The Morgan fingerprint density at radius 1 is 1.41 bits per heavy atom. The number of thiocarbonyl (C=S) groups is 1. The highest BCUT2D eigenvalue weighted by atomic mass is 32.1. The van der Waals surface area contributed by atoms with E-state index in [1.165, 1.54) is 17.3 Å². The van der Waals surface area contributed by atoms with Gasteiger partial charge in [0.1, 0.15) is 5.82 Å². The van der Waals surface area contributed by atoms with Crippen molar-refractivity contribution in [2.24, 2.45) is 16.9 Å². The largest absolute Gasteiger partial charge is 0.405 e. The van der Waals surface area contributed by atoms with Crippen LogP contribution in [0.2, 0.25) is 0 Å². The Hall–Kier alpha value is -2.25. The van der Waals surface area contributed by atoms with Gasteiger partial charge in [0, 0.05) is 32.2 Å². The van der Waals surface area contributed by atoms with Crippen molar-refractivity contribution in [3.63, 3.8) is 0 Å². The molecule has 7 heteroatoms. The van der Waals surface area contributed by atoms with Gasteiger partial charge in [-0.25, -0.2) is 0 Å². The quantitative estimate of drug-likeness (QED) is 0.392. The van der Waals surface area contributed by atoms with E-state index in [4.69, 9.17) is 28.5 Å². The summed E-state index contributed by atoms with van der Waals surface area (Å²) < 4.78 is 0. The molecular weight excluding hydrogens is 358 g/mol. The van der Waals surface area contributed by atoms with Crippen molar-refractivity contribution in [2.45, 2.75) is 33.7 Å². The molecular formula is C20H31N5OS. The van der Waals surface area contributed by atoms with E-state index in [0.29, 0.717) is 5.82 Å². The second-order valence-corrected chi connectivity index (χ2v) is 8.37. The number of benzene rings is 1. The first kappa shape index (κ1) is 21.1. The van der Waals surface area contributed by atoms with Crippen molar-refractivity contribution >= 4 is 17.3 Å². The molecule has 6 nitrogen and oxygen atoms in total. The van der Waals surface area contributed by atoms with Gasteiger partial charge in [-0.05, 0) is 54.0 Å². The van der Waals surface area contributed by atoms with Crippen LogP contribution >= 0.6 is 12.2 Å². The predicted octanol–water partition coefficient (Wildman–Crippen LogP) is 2.46. The van der Waals surface area contributed by atoms with Gasteiger partial charge in [0.2, 0.25) is 0 Å². The number of fused-ring (bicyclic) bond motifs is 1. The monoisotopic (exact) mass is 389 g/mol. The first-order chi connectivity index (χ1) is 12.7. The minimum Gasteiger partial charge on any atom is -0.405 e. The van der Waals surface area contributed by atoms with Gasteiger partial charge in [-0.2, -0.15) is 5.06 Å². The van der Waals surface area contributed by atoms with Gasteiger partial charge in [0.05, 0.1) is 0 Å². The van der Waals surface area contributed by atoms with Gasteiger partial charge in [-0.1, -0.05) is 32.9 Å². The summed E-state index contributed by atoms with van der Waals surface area (Å²) in [4.78, 5) is 8.60. The maximum Gasteiger partial charge on any atom is 0.169 e. The zero-order valence-corrected chi connectivity index (χ0v) is 17.5. The van der Waals surface area contributed by atoms with Crippen LogP contribution in [0.25, 0.3) is 0 Å². The Kier molecular flexibility index (Phi) is 7.10. The maximum absolute atomic E-state index is 6.10. The van der Waals surface area contributed by atoms with E-state index in [0.717, 1.165) is 31.8 Å². The van der Waals surface area contributed by atoms with Crippen molar-refractivity contribution in [3.8, 4) is 5.75 Å². The first-order valence-corrected chi connectivity index (χ1v) is 9.50. The van der Waals surface area contributed by atoms with Crippen LogP contribution in [-0.2, 0) is 13.0 Å². The average Bonchev–Trinajstić information content (AvgIpc) is 2.56. The summed E-state index contributed by atoms with van der Waals surface area (Å²) in [6.45, 7) is 9.86. The van der Waals surface area contributed by atoms with Crippen molar-refractivity contribution in [3.05, 3.63) is 53.5 Å². The molecule has 0 saturated heterocycles. The second-order valence-electron chi connectivity index (χ2n) is 7.93. The molecule has 0 atom stereocenters. The topological polar surface area (TPSA) is 79.8 Å². The number of hydroxylamine groups is 2. The maximum atomic E-state index is 6.10. The molecule has 1 aromatic carbocycles. The van der Waals surface area contributed by atoms with Crippen molar-refractivity contribution < 1.29 is 4.84 Å². The molecule has 1 aromatic rings. The molecule has 0 unspecified atom stereocenters. The van der Waals surface area contributed by atoms with Crippen molar-refractivity contribution in [2.75, 3.05) is 20.1 Å². The third kappa shape index (κ3) is 6.45. The average molecular weight is 390 g/mol. The van der Waals surface area contributed by atoms with Crippen LogP contribution in [-0.4, -0.2) is 35.2 Å². The number of hydrogen-bond acceptors (Lipinski definition) is 5. The van der Waals surface area contributed by atoms with E-state index in [-0.39, 0.29) is 10.5 Å². The number of nitrogens with two attached hydrogens (primary N) is 2. The van der Waals surface area contributed by atoms with Crippen LogP contribution in [0.5, 0.6) is 5.75 Å². The van der Waals surface area contributed by atoms with Crippen LogP contribution in [0.4, 0.5) is 0 Å². The van der Waals surface area contributed by atoms with Crippen LogP contribution in [0.15, 0.2) is 42.4 Å². The lowest BCUT2D eigenvalue weighted by atomic mass is 9.93. The Morgan fingerprint density at radius 3 is 2.78 bits per heavy atom. The highest BCUT2D eigenvalue weighted by Gasteiger charge is 2.24. The van der Waals surface area contributed by atoms with Gasteiger partial charge in [0.25, 0.3) is 0 Å². The minimum atomic E-state index is 0.162. The molecule has 0 fully saturated rings. The number of nitrogens with one attached hydrogen (secondary N) is 1. The van der Waals surface area contributed by atoms with Crippen LogP contribution in [0, 0.1) is 5.41 Å². The number of nitrogens with zero attached hydrogens (tertiary/aromatic N) is 2. The highest BCUT2D eigenvalue weighted by molar-refractivity contribution is 7.80. The molecule has 5 N–H and O–H groups in total. The summed E-state index contributed by atoms with van der Waals surface area (Å²) in [6, 6.07) is 6.21. The van der Waals surface area contributed by atoms with Crippen LogP contribution < -0.4 is 21.6 Å². The molecule has 148 valence electrons. The zero-order chi connectivity index (χ0) is 20.0. The fourth-order valence-electron chi connectivity index (χ4n) is 3.22. The zero-order valence-electron chi connectivity index (χ0n) is 16.7.